The number of nitrogens with zero attached hydrogens (tertiary/aromatic N) is 2. The molecule has 7 nitrogen and oxygen atoms in total. The molecule has 2 aromatic carbocycles. The van der Waals surface area contributed by atoms with E-state index in [2.05, 4.69) is 39.7 Å². The molecule has 3 aromatic rings. The van der Waals surface area contributed by atoms with Crippen LogP contribution in [0.4, 0.5) is 10.5 Å². The molecule has 0 bridgehead atoms. The van der Waals surface area contributed by atoms with Gasteiger partial charge < -0.3 is 25.0 Å². The van der Waals surface area contributed by atoms with Gasteiger partial charge in [0.2, 0.25) is 0 Å². The summed E-state index contributed by atoms with van der Waals surface area (Å²) in [6.45, 7) is 1.05. The first-order chi connectivity index (χ1) is 16.0. The molecule has 2 heterocycles. The number of aromatic nitrogens is 1. The molecule has 2 aliphatic rings. The van der Waals surface area contributed by atoms with E-state index < -0.39 is 0 Å². The highest BCUT2D eigenvalue weighted by atomic mass is 32.1. The van der Waals surface area contributed by atoms with Crippen LogP contribution in [0.3, 0.4) is 0 Å². The van der Waals surface area contributed by atoms with Crippen LogP contribution >= 0.6 is 11.3 Å². The van der Waals surface area contributed by atoms with Crippen molar-refractivity contribution in [3.05, 3.63) is 47.5 Å². The molecule has 0 unspecified atom stereocenters. The third-order valence-electron chi connectivity index (χ3n) is 7.41. The van der Waals surface area contributed by atoms with Gasteiger partial charge in [-0.15, -0.1) is 11.3 Å². The molecule has 33 heavy (non-hydrogen) atoms. The smallest absolute Gasteiger partial charge is 0.319 e. The number of nitrogens with one attached hydrogen (secondary N) is 2. The second-order valence-corrected chi connectivity index (χ2v) is 9.96. The topological polar surface area (TPSA) is 75.7 Å². The average molecular weight is 467 g/mol. The predicted octanol–water partition coefficient (Wildman–Crippen LogP) is 4.63. The maximum atomic E-state index is 12.8. The number of ether oxygens (including phenoxy) is 2. The minimum Gasteiger partial charge on any atom is -0.493 e. The van der Waals surface area contributed by atoms with E-state index in [1.54, 1.807) is 25.6 Å². The molecule has 1 saturated heterocycles. The number of likely N-dealkylation sites (N-methyl/N-ethyl adjacent to an activating group) is 1. The molecule has 2 amide bonds. The van der Waals surface area contributed by atoms with Crippen LogP contribution in [0.2, 0.25) is 0 Å². The molecule has 1 aromatic heterocycles. The van der Waals surface area contributed by atoms with Gasteiger partial charge >= 0.3 is 6.03 Å². The Morgan fingerprint density at radius 3 is 2.82 bits per heavy atom. The molecule has 174 valence electrons. The van der Waals surface area contributed by atoms with Crippen molar-refractivity contribution in [3.63, 3.8) is 0 Å². The number of hydrogen-bond donors (Lipinski definition) is 2. The van der Waals surface area contributed by atoms with Crippen LogP contribution in [-0.4, -0.2) is 55.8 Å². The lowest BCUT2D eigenvalue weighted by molar-refractivity contribution is 0.156. The van der Waals surface area contributed by atoms with Gasteiger partial charge in [0.05, 0.1) is 29.9 Å². The second kappa shape index (κ2) is 8.83. The summed E-state index contributed by atoms with van der Waals surface area (Å²) in [4.78, 5) is 19.5. The van der Waals surface area contributed by atoms with Crippen molar-refractivity contribution >= 4 is 33.3 Å². The van der Waals surface area contributed by atoms with Gasteiger partial charge in [-0.05, 0) is 75.2 Å². The fourth-order valence-electron chi connectivity index (χ4n) is 5.68. The van der Waals surface area contributed by atoms with Crippen LogP contribution in [0.25, 0.3) is 10.2 Å². The number of urea groups is 1. The van der Waals surface area contributed by atoms with Crippen molar-refractivity contribution in [3.8, 4) is 11.5 Å². The molecule has 1 aliphatic carbocycles. The second-order valence-electron chi connectivity index (χ2n) is 9.08. The van der Waals surface area contributed by atoms with Gasteiger partial charge in [0.15, 0.2) is 11.5 Å². The van der Waals surface area contributed by atoms with Gasteiger partial charge in [0, 0.05) is 23.2 Å². The van der Waals surface area contributed by atoms with Crippen molar-refractivity contribution in [2.75, 3.05) is 33.1 Å². The number of thiazole rings is 1. The lowest BCUT2D eigenvalue weighted by atomic mass is 9.65. The van der Waals surface area contributed by atoms with Crippen LogP contribution in [0.15, 0.2) is 41.9 Å². The van der Waals surface area contributed by atoms with Crippen molar-refractivity contribution in [1.29, 1.82) is 0 Å². The van der Waals surface area contributed by atoms with Crippen LogP contribution in [0.1, 0.15) is 31.2 Å². The van der Waals surface area contributed by atoms with Crippen LogP contribution in [0.5, 0.6) is 11.5 Å². The Balaban J connectivity index is 1.29. The Hall–Kier alpha value is -2.84. The van der Waals surface area contributed by atoms with Gasteiger partial charge in [-0.3, -0.25) is 0 Å². The standard InChI is InChI=1S/C25H30N4O3S/c1-29-11-10-25(16-4-7-20(31-2)21(12-16)32-3)9-8-18(14-23(25)29)28-24(30)27-17-5-6-19-22(13-17)33-15-26-19/h4-7,12-13,15,18,23H,8-11,14H2,1-3H3,(H2,27,28,30)/t18-,23+,25+/m1/s1. The molecule has 1 saturated carbocycles. The number of rotatable bonds is 5. The highest BCUT2D eigenvalue weighted by Gasteiger charge is 2.50. The van der Waals surface area contributed by atoms with Gasteiger partial charge in [0.25, 0.3) is 0 Å². The summed E-state index contributed by atoms with van der Waals surface area (Å²) in [6.07, 6.45) is 4.00. The third-order valence-corrected chi connectivity index (χ3v) is 8.20. The number of fused-ring (bicyclic) bond motifs is 2. The summed E-state index contributed by atoms with van der Waals surface area (Å²) in [7, 11) is 5.54. The van der Waals surface area contributed by atoms with Crippen molar-refractivity contribution < 1.29 is 14.3 Å². The van der Waals surface area contributed by atoms with Crippen LogP contribution < -0.4 is 20.1 Å². The minimum atomic E-state index is -0.150. The fraction of sp³-hybridized carbons (Fsp3) is 0.440. The van der Waals surface area contributed by atoms with Crippen molar-refractivity contribution in [1.82, 2.24) is 15.2 Å². The maximum absolute atomic E-state index is 12.8. The summed E-state index contributed by atoms with van der Waals surface area (Å²) >= 11 is 1.57. The van der Waals surface area contributed by atoms with E-state index in [0.29, 0.717) is 6.04 Å². The number of hydrogen-bond acceptors (Lipinski definition) is 6. The van der Waals surface area contributed by atoms with E-state index in [1.807, 2.05) is 29.8 Å². The Kier molecular flexibility index (Phi) is 5.88. The van der Waals surface area contributed by atoms with Gasteiger partial charge in [-0.2, -0.15) is 0 Å². The average Bonchev–Trinajstić information content (AvgIpc) is 3.43. The number of anilines is 1. The Morgan fingerprint density at radius 1 is 1.15 bits per heavy atom. The Bertz CT molecular complexity index is 1170. The first-order valence-electron chi connectivity index (χ1n) is 11.4. The Morgan fingerprint density at radius 2 is 2.00 bits per heavy atom. The molecule has 0 radical (unpaired) electrons. The predicted molar refractivity (Wildman–Crippen MR) is 132 cm³/mol. The zero-order chi connectivity index (χ0) is 23.0. The van der Waals surface area contributed by atoms with E-state index in [4.69, 9.17) is 9.47 Å². The zero-order valence-electron chi connectivity index (χ0n) is 19.3. The number of likely N-dealkylation sites (tertiary alicyclic amines) is 1. The largest absolute Gasteiger partial charge is 0.493 e. The van der Waals surface area contributed by atoms with Crippen LogP contribution in [-0.2, 0) is 5.41 Å². The minimum absolute atomic E-state index is 0.0696. The molecule has 1 aliphatic heterocycles. The fourth-order valence-corrected chi connectivity index (χ4v) is 6.40. The highest BCUT2D eigenvalue weighted by Crippen LogP contribution is 2.49. The normalized spacial score (nSPS) is 24.9. The van der Waals surface area contributed by atoms with Crippen LogP contribution in [0, 0.1) is 0 Å². The molecular weight excluding hydrogens is 436 g/mol. The van der Waals surface area contributed by atoms with Gasteiger partial charge in [-0.1, -0.05) is 6.07 Å². The Labute approximate surface area is 198 Å². The monoisotopic (exact) mass is 466 g/mol. The van der Waals surface area contributed by atoms with E-state index in [1.165, 1.54) is 5.56 Å². The van der Waals surface area contributed by atoms with Crippen molar-refractivity contribution in [2.45, 2.75) is 43.2 Å². The maximum Gasteiger partial charge on any atom is 0.319 e. The van der Waals surface area contributed by atoms with Gasteiger partial charge in [0.1, 0.15) is 0 Å². The molecule has 2 fully saturated rings. The summed E-state index contributed by atoms with van der Waals surface area (Å²) < 4.78 is 12.1. The number of amides is 2. The van der Waals surface area contributed by atoms with E-state index in [0.717, 1.165) is 59.6 Å². The summed E-state index contributed by atoms with van der Waals surface area (Å²) in [6, 6.07) is 12.5. The number of carbonyl (C=O) groups excluding carboxylic acids is 1. The van der Waals surface area contributed by atoms with E-state index >= 15 is 0 Å². The zero-order valence-corrected chi connectivity index (χ0v) is 20.1. The van der Waals surface area contributed by atoms with Gasteiger partial charge in [-0.25, -0.2) is 9.78 Å². The third kappa shape index (κ3) is 4.02. The number of methoxy groups -OCH3 is 2. The quantitative estimate of drug-likeness (QED) is 0.573. The lowest BCUT2D eigenvalue weighted by Gasteiger charge is -2.45. The summed E-state index contributed by atoms with van der Waals surface area (Å²) in [5.74, 6) is 1.53. The summed E-state index contributed by atoms with van der Waals surface area (Å²) in [5, 5.41) is 6.21. The number of carbonyl (C=O) groups is 1. The molecule has 3 atom stereocenters. The first kappa shape index (κ1) is 22.0. The first-order valence-corrected chi connectivity index (χ1v) is 12.2. The molecule has 8 heteroatoms. The van der Waals surface area contributed by atoms with E-state index in [-0.39, 0.29) is 17.5 Å². The molecule has 5 rings (SSSR count). The van der Waals surface area contributed by atoms with E-state index in [9.17, 15) is 4.79 Å². The molecule has 2 N–H and O–H groups in total. The molecule has 0 spiro atoms. The van der Waals surface area contributed by atoms with Crippen molar-refractivity contribution in [2.24, 2.45) is 0 Å². The number of benzene rings is 2. The highest BCUT2D eigenvalue weighted by molar-refractivity contribution is 7.16. The SMILES string of the molecule is COc1ccc([C@@]23CC[C@@H](NC(=O)Nc4ccc5ncsc5c4)C[C@@H]2N(C)CC3)cc1OC. The molecular formula is C25H30N4O3S. The lowest BCUT2D eigenvalue weighted by Crippen LogP contribution is -2.52. The summed E-state index contributed by atoms with van der Waals surface area (Å²) in [5.41, 5.74) is 4.93.